The predicted molar refractivity (Wildman–Crippen MR) is 64.9 cm³/mol. The Morgan fingerprint density at radius 3 is 3.06 bits per heavy atom. The first-order valence-electron chi connectivity index (χ1n) is 5.80. The fourth-order valence-electron chi connectivity index (χ4n) is 1.50. The van der Waals surface area contributed by atoms with E-state index >= 15 is 0 Å². The van der Waals surface area contributed by atoms with E-state index in [1.807, 2.05) is 7.05 Å². The molecule has 0 unspecified atom stereocenters. The maximum Gasteiger partial charge on any atom is 0.196 e. The molecule has 0 amide bonds. The van der Waals surface area contributed by atoms with Crippen molar-refractivity contribution in [3.63, 3.8) is 0 Å². The van der Waals surface area contributed by atoms with Crippen molar-refractivity contribution in [1.29, 1.82) is 0 Å². The molecule has 0 bridgehead atoms. The second-order valence-corrected chi connectivity index (χ2v) is 3.89. The Morgan fingerprint density at radius 2 is 2.33 bits per heavy atom. The lowest BCUT2D eigenvalue weighted by atomic mass is 10.4. The van der Waals surface area contributed by atoms with Crippen molar-refractivity contribution in [2.24, 2.45) is 7.05 Å². The van der Waals surface area contributed by atoms with Crippen molar-refractivity contribution in [1.82, 2.24) is 25.3 Å². The second kappa shape index (κ2) is 6.27. The predicted octanol–water partition coefficient (Wildman–Crippen LogP) is 0.249. The zero-order chi connectivity index (χ0) is 12.8. The second-order valence-electron chi connectivity index (χ2n) is 3.89. The molecule has 2 heterocycles. The molecule has 0 aromatic carbocycles. The van der Waals surface area contributed by atoms with Gasteiger partial charge in [0.1, 0.15) is 5.69 Å². The molecule has 0 fully saturated rings. The van der Waals surface area contributed by atoms with Gasteiger partial charge in [0, 0.05) is 33.7 Å². The number of ether oxygens (including phenoxy) is 1. The van der Waals surface area contributed by atoms with Gasteiger partial charge in [-0.1, -0.05) is 5.21 Å². The molecule has 0 aliphatic heterocycles. The molecular weight excluding hydrogens is 234 g/mol. The molecule has 7 heteroatoms. The number of oxazole rings is 1. The van der Waals surface area contributed by atoms with Gasteiger partial charge in [-0.05, 0) is 0 Å². The van der Waals surface area contributed by atoms with Gasteiger partial charge in [-0.2, -0.15) is 0 Å². The maximum absolute atomic E-state index is 5.59. The van der Waals surface area contributed by atoms with Crippen LogP contribution in [-0.2, 0) is 18.2 Å². The highest BCUT2D eigenvalue weighted by Crippen LogP contribution is 2.16. The standard InChI is InChI=1S/C11H17N5O2/c1-16-8-9(14-15-16)10-7-13-11(18-10)3-4-12-5-6-17-2/h7-8,12H,3-6H2,1-2H3. The topological polar surface area (TPSA) is 78.0 Å². The first-order chi connectivity index (χ1) is 8.79. The largest absolute Gasteiger partial charge is 0.439 e. The van der Waals surface area contributed by atoms with Crippen LogP contribution in [0.1, 0.15) is 5.89 Å². The Balaban J connectivity index is 1.83. The van der Waals surface area contributed by atoms with Crippen LogP contribution in [0.15, 0.2) is 16.8 Å². The van der Waals surface area contributed by atoms with Gasteiger partial charge in [-0.15, -0.1) is 5.10 Å². The van der Waals surface area contributed by atoms with Gasteiger partial charge < -0.3 is 14.5 Å². The average molecular weight is 251 g/mol. The minimum Gasteiger partial charge on any atom is -0.439 e. The molecule has 1 N–H and O–H groups in total. The third-order valence-corrected chi connectivity index (χ3v) is 2.41. The van der Waals surface area contributed by atoms with Gasteiger partial charge in [-0.25, -0.2) is 4.98 Å². The van der Waals surface area contributed by atoms with Gasteiger partial charge in [0.15, 0.2) is 11.7 Å². The van der Waals surface area contributed by atoms with Crippen LogP contribution in [0.25, 0.3) is 11.5 Å². The molecule has 0 atom stereocenters. The summed E-state index contributed by atoms with van der Waals surface area (Å²) in [5.41, 5.74) is 0.698. The van der Waals surface area contributed by atoms with Gasteiger partial charge in [0.25, 0.3) is 0 Å². The molecule has 98 valence electrons. The number of nitrogens with zero attached hydrogens (tertiary/aromatic N) is 4. The number of hydrogen-bond acceptors (Lipinski definition) is 6. The summed E-state index contributed by atoms with van der Waals surface area (Å²) in [7, 11) is 3.50. The van der Waals surface area contributed by atoms with E-state index in [2.05, 4.69) is 20.6 Å². The summed E-state index contributed by atoms with van der Waals surface area (Å²) in [4.78, 5) is 4.20. The van der Waals surface area contributed by atoms with E-state index in [1.54, 1.807) is 24.2 Å². The molecule has 2 aromatic heterocycles. The first kappa shape index (κ1) is 12.7. The quantitative estimate of drug-likeness (QED) is 0.711. The van der Waals surface area contributed by atoms with Crippen LogP contribution in [0.4, 0.5) is 0 Å². The van der Waals surface area contributed by atoms with Gasteiger partial charge >= 0.3 is 0 Å². The SMILES string of the molecule is COCCNCCc1ncc(-c2cn(C)nn2)o1. The molecule has 2 aromatic rings. The molecule has 0 aliphatic rings. The first-order valence-corrected chi connectivity index (χ1v) is 5.80. The molecule has 0 aliphatic carbocycles. The molecule has 2 rings (SSSR count). The number of aromatic nitrogens is 4. The Kier molecular flexibility index (Phi) is 4.43. The summed E-state index contributed by atoms with van der Waals surface area (Å²) in [6, 6.07) is 0. The molecule has 18 heavy (non-hydrogen) atoms. The van der Waals surface area contributed by atoms with E-state index in [4.69, 9.17) is 9.15 Å². The van der Waals surface area contributed by atoms with Gasteiger partial charge in [0.05, 0.1) is 19.0 Å². The Labute approximate surface area is 105 Å². The summed E-state index contributed by atoms with van der Waals surface area (Å²) in [6.07, 6.45) is 4.21. The molecular formula is C11H17N5O2. The molecule has 0 radical (unpaired) electrons. The number of hydrogen-bond donors (Lipinski definition) is 1. The zero-order valence-corrected chi connectivity index (χ0v) is 10.6. The summed E-state index contributed by atoms with van der Waals surface area (Å²) in [5, 5.41) is 11.0. The smallest absolute Gasteiger partial charge is 0.196 e. The molecule has 7 nitrogen and oxygen atoms in total. The fraction of sp³-hybridized carbons (Fsp3) is 0.545. The van der Waals surface area contributed by atoms with Crippen LogP contribution >= 0.6 is 0 Å². The Hall–Kier alpha value is -1.73. The Morgan fingerprint density at radius 1 is 1.44 bits per heavy atom. The van der Waals surface area contributed by atoms with E-state index in [0.29, 0.717) is 24.0 Å². The molecule has 0 saturated heterocycles. The zero-order valence-electron chi connectivity index (χ0n) is 10.6. The van der Waals surface area contributed by atoms with Crippen molar-refractivity contribution in [2.75, 3.05) is 26.8 Å². The summed E-state index contributed by atoms with van der Waals surface area (Å²) >= 11 is 0. The normalized spacial score (nSPS) is 11.0. The van der Waals surface area contributed by atoms with E-state index in [0.717, 1.165) is 19.5 Å². The molecule has 0 saturated carbocycles. The van der Waals surface area contributed by atoms with Crippen LogP contribution in [0.2, 0.25) is 0 Å². The van der Waals surface area contributed by atoms with Crippen molar-refractivity contribution in [3.05, 3.63) is 18.3 Å². The van der Waals surface area contributed by atoms with E-state index in [-0.39, 0.29) is 0 Å². The maximum atomic E-state index is 5.59. The lowest BCUT2D eigenvalue weighted by molar-refractivity contribution is 0.199. The third kappa shape index (κ3) is 3.38. The Bertz CT molecular complexity index is 479. The monoisotopic (exact) mass is 251 g/mol. The summed E-state index contributed by atoms with van der Waals surface area (Å²) < 4.78 is 12.2. The number of rotatable bonds is 7. The fourth-order valence-corrected chi connectivity index (χ4v) is 1.50. The van der Waals surface area contributed by atoms with Crippen LogP contribution in [0, 0.1) is 0 Å². The van der Waals surface area contributed by atoms with Crippen LogP contribution < -0.4 is 5.32 Å². The minimum absolute atomic E-state index is 0.648. The van der Waals surface area contributed by atoms with Crippen molar-refractivity contribution < 1.29 is 9.15 Å². The molecule has 0 spiro atoms. The van der Waals surface area contributed by atoms with E-state index in [9.17, 15) is 0 Å². The minimum atomic E-state index is 0.648. The highest BCUT2D eigenvalue weighted by atomic mass is 16.5. The summed E-state index contributed by atoms with van der Waals surface area (Å²) in [6.45, 7) is 2.34. The van der Waals surface area contributed by atoms with Crippen molar-refractivity contribution in [2.45, 2.75) is 6.42 Å². The highest BCUT2D eigenvalue weighted by molar-refractivity contribution is 5.48. The van der Waals surface area contributed by atoms with Crippen molar-refractivity contribution in [3.8, 4) is 11.5 Å². The van der Waals surface area contributed by atoms with E-state index in [1.165, 1.54) is 0 Å². The van der Waals surface area contributed by atoms with Crippen LogP contribution in [0.3, 0.4) is 0 Å². The third-order valence-electron chi connectivity index (χ3n) is 2.41. The van der Waals surface area contributed by atoms with Crippen molar-refractivity contribution >= 4 is 0 Å². The highest BCUT2D eigenvalue weighted by Gasteiger charge is 2.09. The van der Waals surface area contributed by atoms with Crippen LogP contribution in [0.5, 0.6) is 0 Å². The lowest BCUT2D eigenvalue weighted by Gasteiger charge is -2.00. The number of methoxy groups -OCH3 is 1. The average Bonchev–Trinajstić information content (AvgIpc) is 2.97. The van der Waals surface area contributed by atoms with E-state index < -0.39 is 0 Å². The lowest BCUT2D eigenvalue weighted by Crippen LogP contribution is -2.21. The number of nitrogens with one attached hydrogen (secondary N) is 1. The number of aryl methyl sites for hydroxylation is 1. The summed E-state index contributed by atoms with van der Waals surface area (Å²) in [5.74, 6) is 1.34. The van der Waals surface area contributed by atoms with Gasteiger partial charge in [0.2, 0.25) is 0 Å². The van der Waals surface area contributed by atoms with Gasteiger partial charge in [-0.3, -0.25) is 4.68 Å². The van der Waals surface area contributed by atoms with Crippen LogP contribution in [-0.4, -0.2) is 46.8 Å².